The summed E-state index contributed by atoms with van der Waals surface area (Å²) in [6, 6.07) is 10.2. The highest BCUT2D eigenvalue weighted by Gasteiger charge is 2.14. The van der Waals surface area contributed by atoms with Gasteiger partial charge in [0.05, 0.1) is 18.7 Å². The van der Waals surface area contributed by atoms with E-state index in [1.54, 1.807) is 6.33 Å². The van der Waals surface area contributed by atoms with Gasteiger partial charge in [0, 0.05) is 12.1 Å². The van der Waals surface area contributed by atoms with Crippen LogP contribution >= 0.6 is 0 Å². The Balaban J connectivity index is 1.53. The highest BCUT2D eigenvalue weighted by Crippen LogP contribution is 2.12. The Hall–Kier alpha value is -2.96. The first kappa shape index (κ1) is 16.9. The van der Waals surface area contributed by atoms with Gasteiger partial charge in [-0.25, -0.2) is 0 Å². The topological polar surface area (TPSA) is 85.8 Å². The SMILES string of the molecule is Cc1noc(C)c1CC(=O)NCc1nncn1CCc1ccccc1. The van der Waals surface area contributed by atoms with E-state index in [2.05, 4.69) is 32.8 Å². The van der Waals surface area contributed by atoms with Crippen molar-refractivity contribution in [2.45, 2.75) is 39.8 Å². The number of carbonyl (C=O) groups excluding carboxylic acids is 1. The van der Waals surface area contributed by atoms with Gasteiger partial charge in [0.25, 0.3) is 0 Å². The third-order valence-corrected chi connectivity index (χ3v) is 4.14. The molecule has 7 heteroatoms. The molecule has 0 saturated heterocycles. The van der Waals surface area contributed by atoms with Crippen molar-refractivity contribution in [3.8, 4) is 0 Å². The van der Waals surface area contributed by atoms with E-state index in [1.165, 1.54) is 5.56 Å². The average molecular weight is 339 g/mol. The van der Waals surface area contributed by atoms with Crippen LogP contribution < -0.4 is 5.32 Å². The zero-order chi connectivity index (χ0) is 17.6. The number of benzene rings is 1. The smallest absolute Gasteiger partial charge is 0.225 e. The molecule has 7 nitrogen and oxygen atoms in total. The number of nitrogens with one attached hydrogen (secondary N) is 1. The Bertz CT molecular complexity index is 819. The summed E-state index contributed by atoms with van der Waals surface area (Å²) in [7, 11) is 0. The van der Waals surface area contributed by atoms with E-state index in [0.29, 0.717) is 12.3 Å². The van der Waals surface area contributed by atoms with Gasteiger partial charge in [0.1, 0.15) is 12.1 Å². The number of carbonyl (C=O) groups is 1. The molecule has 0 radical (unpaired) electrons. The van der Waals surface area contributed by atoms with Crippen LogP contribution in [-0.4, -0.2) is 25.8 Å². The molecule has 0 aliphatic heterocycles. The van der Waals surface area contributed by atoms with Crippen molar-refractivity contribution in [2.75, 3.05) is 0 Å². The number of amides is 1. The lowest BCUT2D eigenvalue weighted by molar-refractivity contribution is -0.120. The second-order valence-electron chi connectivity index (χ2n) is 5.93. The third-order valence-electron chi connectivity index (χ3n) is 4.14. The molecule has 0 fully saturated rings. The summed E-state index contributed by atoms with van der Waals surface area (Å²) in [5.74, 6) is 1.33. The molecule has 0 spiro atoms. The first-order valence-corrected chi connectivity index (χ1v) is 8.22. The van der Waals surface area contributed by atoms with Gasteiger partial charge < -0.3 is 14.4 Å². The van der Waals surface area contributed by atoms with Gasteiger partial charge in [-0.3, -0.25) is 4.79 Å². The van der Waals surface area contributed by atoms with Crippen molar-refractivity contribution in [1.82, 2.24) is 25.2 Å². The summed E-state index contributed by atoms with van der Waals surface area (Å²) in [5, 5.41) is 14.8. The van der Waals surface area contributed by atoms with Crippen molar-refractivity contribution >= 4 is 5.91 Å². The summed E-state index contributed by atoms with van der Waals surface area (Å²) in [6.07, 6.45) is 2.83. The highest BCUT2D eigenvalue weighted by atomic mass is 16.5. The second-order valence-corrected chi connectivity index (χ2v) is 5.93. The molecule has 130 valence electrons. The molecule has 3 aromatic rings. The molecule has 25 heavy (non-hydrogen) atoms. The Labute approximate surface area is 146 Å². The second kappa shape index (κ2) is 7.74. The zero-order valence-electron chi connectivity index (χ0n) is 14.4. The maximum atomic E-state index is 12.2. The quantitative estimate of drug-likeness (QED) is 0.711. The first-order valence-electron chi connectivity index (χ1n) is 8.22. The summed E-state index contributed by atoms with van der Waals surface area (Å²) < 4.78 is 7.04. The van der Waals surface area contributed by atoms with Gasteiger partial charge in [0.2, 0.25) is 5.91 Å². The molecular weight excluding hydrogens is 318 g/mol. The van der Waals surface area contributed by atoms with E-state index in [-0.39, 0.29) is 12.3 Å². The first-order chi connectivity index (χ1) is 12.1. The highest BCUT2D eigenvalue weighted by molar-refractivity contribution is 5.78. The predicted molar refractivity (Wildman–Crippen MR) is 91.7 cm³/mol. The lowest BCUT2D eigenvalue weighted by Crippen LogP contribution is -2.26. The summed E-state index contributed by atoms with van der Waals surface area (Å²) in [6.45, 7) is 4.76. The van der Waals surface area contributed by atoms with E-state index < -0.39 is 0 Å². The van der Waals surface area contributed by atoms with Crippen molar-refractivity contribution in [3.05, 3.63) is 65.1 Å². The Morgan fingerprint density at radius 1 is 1.24 bits per heavy atom. The molecule has 0 saturated carbocycles. The number of hydrogen-bond donors (Lipinski definition) is 1. The van der Waals surface area contributed by atoms with E-state index in [1.807, 2.05) is 36.6 Å². The third kappa shape index (κ3) is 4.32. The number of hydrogen-bond acceptors (Lipinski definition) is 5. The molecule has 1 aromatic carbocycles. The van der Waals surface area contributed by atoms with Crippen LogP contribution in [0.15, 0.2) is 41.2 Å². The van der Waals surface area contributed by atoms with Crippen LogP contribution in [0.25, 0.3) is 0 Å². The average Bonchev–Trinajstić information content (AvgIpc) is 3.20. The fourth-order valence-electron chi connectivity index (χ4n) is 2.65. The van der Waals surface area contributed by atoms with Crippen molar-refractivity contribution in [3.63, 3.8) is 0 Å². The molecule has 2 heterocycles. The molecule has 3 rings (SSSR count). The molecule has 0 atom stereocenters. The molecule has 1 N–H and O–H groups in total. The fraction of sp³-hybridized carbons (Fsp3) is 0.333. The molecule has 1 amide bonds. The maximum Gasteiger partial charge on any atom is 0.225 e. The van der Waals surface area contributed by atoms with Crippen molar-refractivity contribution < 1.29 is 9.32 Å². The zero-order valence-corrected chi connectivity index (χ0v) is 14.4. The Kier molecular flexibility index (Phi) is 5.23. The number of aryl methyl sites for hydroxylation is 4. The van der Waals surface area contributed by atoms with Crippen LogP contribution in [0.1, 0.15) is 28.4 Å². The summed E-state index contributed by atoms with van der Waals surface area (Å²) in [4.78, 5) is 12.2. The summed E-state index contributed by atoms with van der Waals surface area (Å²) in [5.41, 5.74) is 2.84. The Morgan fingerprint density at radius 3 is 2.76 bits per heavy atom. The standard InChI is InChI=1S/C18H21N5O2/c1-13-16(14(2)25-22-13)10-18(24)19-11-17-21-20-12-23(17)9-8-15-6-4-3-5-7-15/h3-7,12H,8-11H2,1-2H3,(H,19,24). The van der Waals surface area contributed by atoms with Crippen LogP contribution in [0.5, 0.6) is 0 Å². The lowest BCUT2D eigenvalue weighted by Gasteiger charge is -2.08. The van der Waals surface area contributed by atoms with E-state index in [0.717, 1.165) is 30.0 Å². The molecular formula is C18H21N5O2. The van der Waals surface area contributed by atoms with Gasteiger partial charge in [-0.2, -0.15) is 0 Å². The number of nitrogens with zero attached hydrogens (tertiary/aromatic N) is 4. The normalized spacial score (nSPS) is 10.8. The maximum absolute atomic E-state index is 12.2. The minimum Gasteiger partial charge on any atom is -0.361 e. The van der Waals surface area contributed by atoms with Gasteiger partial charge in [-0.1, -0.05) is 35.5 Å². The van der Waals surface area contributed by atoms with Crippen LogP contribution in [0.4, 0.5) is 0 Å². The van der Waals surface area contributed by atoms with Crippen molar-refractivity contribution in [2.24, 2.45) is 0 Å². The van der Waals surface area contributed by atoms with E-state index >= 15 is 0 Å². The Morgan fingerprint density at radius 2 is 2.04 bits per heavy atom. The fourth-order valence-corrected chi connectivity index (χ4v) is 2.65. The number of rotatable bonds is 7. The largest absolute Gasteiger partial charge is 0.361 e. The van der Waals surface area contributed by atoms with Crippen LogP contribution in [0.2, 0.25) is 0 Å². The molecule has 0 aliphatic carbocycles. The van der Waals surface area contributed by atoms with E-state index in [4.69, 9.17) is 4.52 Å². The van der Waals surface area contributed by atoms with Crippen LogP contribution in [-0.2, 0) is 30.7 Å². The molecule has 0 bridgehead atoms. The van der Waals surface area contributed by atoms with E-state index in [9.17, 15) is 4.79 Å². The lowest BCUT2D eigenvalue weighted by atomic mass is 10.1. The molecule has 0 unspecified atom stereocenters. The van der Waals surface area contributed by atoms with Crippen LogP contribution in [0.3, 0.4) is 0 Å². The monoisotopic (exact) mass is 339 g/mol. The van der Waals surface area contributed by atoms with Gasteiger partial charge in [0.15, 0.2) is 5.82 Å². The number of aromatic nitrogens is 4. The van der Waals surface area contributed by atoms with Gasteiger partial charge >= 0.3 is 0 Å². The van der Waals surface area contributed by atoms with Crippen molar-refractivity contribution in [1.29, 1.82) is 0 Å². The summed E-state index contributed by atoms with van der Waals surface area (Å²) >= 11 is 0. The predicted octanol–water partition coefficient (Wildman–Crippen LogP) is 1.98. The van der Waals surface area contributed by atoms with Gasteiger partial charge in [-0.15, -0.1) is 10.2 Å². The minimum atomic E-state index is -0.0907. The minimum absolute atomic E-state index is 0.0907. The van der Waals surface area contributed by atoms with Gasteiger partial charge in [-0.05, 0) is 25.8 Å². The molecule has 0 aliphatic rings. The molecule has 2 aromatic heterocycles. The van der Waals surface area contributed by atoms with Crippen LogP contribution in [0, 0.1) is 13.8 Å².